The van der Waals surface area contributed by atoms with E-state index < -0.39 is 6.09 Å². The minimum atomic E-state index is -0.672. The summed E-state index contributed by atoms with van der Waals surface area (Å²) in [4.78, 5) is 16.7. The summed E-state index contributed by atoms with van der Waals surface area (Å²) in [6, 6.07) is 12.7. The van der Waals surface area contributed by atoms with E-state index in [1.165, 1.54) is 25.1 Å². The molecule has 0 fully saturated rings. The fraction of sp³-hybridized carbons (Fsp3) is 0.200. The van der Waals surface area contributed by atoms with Crippen LogP contribution >= 0.6 is 23.2 Å². The van der Waals surface area contributed by atoms with E-state index in [1.807, 2.05) is 24.3 Å². The molecule has 6 nitrogen and oxygen atoms in total. The molecule has 33 heavy (non-hydrogen) atoms. The molecule has 0 aliphatic heterocycles. The molecule has 0 aliphatic rings. The number of pyridine rings is 1. The van der Waals surface area contributed by atoms with Crippen LogP contribution in [0.2, 0.25) is 10.0 Å². The molecule has 3 aromatic rings. The summed E-state index contributed by atoms with van der Waals surface area (Å²) in [5, 5.41) is 3.37. The van der Waals surface area contributed by atoms with Gasteiger partial charge in [0.2, 0.25) is 0 Å². The lowest BCUT2D eigenvalue weighted by Gasteiger charge is -2.14. The van der Waals surface area contributed by atoms with Crippen molar-refractivity contribution in [2.45, 2.75) is 19.8 Å². The molecule has 0 bridgehead atoms. The number of amides is 1. The second-order valence-corrected chi connectivity index (χ2v) is 8.20. The number of carbonyl (C=O) groups is 1. The van der Waals surface area contributed by atoms with Gasteiger partial charge in [0.25, 0.3) is 0 Å². The van der Waals surface area contributed by atoms with Gasteiger partial charge in [0.05, 0.1) is 24.3 Å². The molecule has 0 atom stereocenters. The summed E-state index contributed by atoms with van der Waals surface area (Å²) in [6.07, 6.45) is 3.83. The maximum Gasteiger partial charge on any atom is 0.417 e. The largest absolute Gasteiger partial charge is 0.493 e. The Kier molecular flexibility index (Phi) is 8.20. The van der Waals surface area contributed by atoms with Crippen LogP contribution in [0.15, 0.2) is 54.9 Å². The Morgan fingerprint density at radius 1 is 0.970 bits per heavy atom. The number of aromatic nitrogens is 1. The minimum Gasteiger partial charge on any atom is -0.493 e. The van der Waals surface area contributed by atoms with Gasteiger partial charge in [0.1, 0.15) is 5.76 Å². The predicted molar refractivity (Wildman–Crippen MR) is 132 cm³/mol. The van der Waals surface area contributed by atoms with Crippen molar-refractivity contribution in [3.05, 3.63) is 81.6 Å². The molecule has 8 heteroatoms. The molecule has 1 heterocycles. The monoisotopic (exact) mass is 486 g/mol. The normalized spacial score (nSPS) is 11.3. The quantitative estimate of drug-likeness (QED) is 0.355. The van der Waals surface area contributed by atoms with Gasteiger partial charge in [-0.3, -0.25) is 10.3 Å². The highest BCUT2D eigenvalue weighted by atomic mass is 35.5. The topological polar surface area (TPSA) is 69.7 Å². The number of hydrogen-bond donors (Lipinski definition) is 1. The van der Waals surface area contributed by atoms with Crippen LogP contribution in [0.4, 0.5) is 10.5 Å². The fourth-order valence-electron chi connectivity index (χ4n) is 3.05. The van der Waals surface area contributed by atoms with E-state index in [2.05, 4.69) is 24.1 Å². The SMILES string of the molecule is COc1ccc(/C(=C\c2c(Cl)cncc2Cl)OC(=O)Nc2ccc(C(C)C)cc2)cc1OC. The Hall–Kier alpha value is -3.22. The lowest BCUT2D eigenvalue weighted by Crippen LogP contribution is -2.13. The van der Waals surface area contributed by atoms with Crippen LogP contribution < -0.4 is 14.8 Å². The molecule has 3 rings (SSSR count). The zero-order valence-electron chi connectivity index (χ0n) is 18.7. The van der Waals surface area contributed by atoms with Crippen molar-refractivity contribution < 1.29 is 19.0 Å². The average Bonchev–Trinajstić information content (AvgIpc) is 2.80. The van der Waals surface area contributed by atoms with Gasteiger partial charge < -0.3 is 14.2 Å². The maximum atomic E-state index is 12.7. The van der Waals surface area contributed by atoms with Crippen LogP contribution in [0.25, 0.3) is 11.8 Å². The molecule has 0 radical (unpaired) electrons. The van der Waals surface area contributed by atoms with Crippen LogP contribution in [-0.4, -0.2) is 25.3 Å². The molecule has 0 aliphatic carbocycles. The molecule has 0 unspecified atom stereocenters. The maximum absolute atomic E-state index is 12.7. The molecule has 0 spiro atoms. The van der Waals surface area contributed by atoms with Gasteiger partial charge >= 0.3 is 6.09 Å². The predicted octanol–water partition coefficient (Wildman–Crippen LogP) is 7.28. The number of anilines is 1. The lowest BCUT2D eigenvalue weighted by atomic mass is 10.0. The second kappa shape index (κ2) is 11.1. The highest BCUT2D eigenvalue weighted by Crippen LogP contribution is 2.34. The number of rotatable bonds is 7. The van der Waals surface area contributed by atoms with Crippen molar-refractivity contribution in [1.82, 2.24) is 4.98 Å². The van der Waals surface area contributed by atoms with Gasteiger partial charge in [-0.1, -0.05) is 49.2 Å². The summed E-state index contributed by atoms with van der Waals surface area (Å²) in [5.74, 6) is 1.61. The van der Waals surface area contributed by atoms with Crippen LogP contribution in [0.1, 0.15) is 36.5 Å². The molecule has 1 amide bonds. The van der Waals surface area contributed by atoms with E-state index in [0.717, 1.165) is 0 Å². The standard InChI is InChI=1S/C25H24Cl2N2O4/c1-15(2)16-5-8-18(9-6-16)29-25(30)33-23(12-19-20(26)13-28-14-21(19)27)17-7-10-22(31-3)24(11-17)32-4/h5-15H,1-4H3,(H,29,30)/b23-12+. The van der Waals surface area contributed by atoms with Crippen molar-refractivity contribution in [3.63, 3.8) is 0 Å². The van der Waals surface area contributed by atoms with Crippen molar-refractivity contribution in [2.75, 3.05) is 19.5 Å². The summed E-state index contributed by atoms with van der Waals surface area (Å²) < 4.78 is 16.4. The van der Waals surface area contributed by atoms with E-state index >= 15 is 0 Å². The number of hydrogen-bond acceptors (Lipinski definition) is 5. The van der Waals surface area contributed by atoms with E-state index in [0.29, 0.717) is 44.3 Å². The highest BCUT2D eigenvalue weighted by Gasteiger charge is 2.16. The number of halogens is 2. The number of nitrogens with one attached hydrogen (secondary N) is 1. The number of methoxy groups -OCH3 is 2. The number of ether oxygens (including phenoxy) is 3. The first-order valence-electron chi connectivity index (χ1n) is 10.1. The van der Waals surface area contributed by atoms with Crippen molar-refractivity contribution >= 4 is 46.8 Å². The number of benzene rings is 2. The summed E-state index contributed by atoms with van der Waals surface area (Å²) in [5.41, 5.74) is 2.80. The van der Waals surface area contributed by atoms with Crippen molar-refractivity contribution in [3.8, 4) is 11.5 Å². The minimum absolute atomic E-state index is 0.210. The molecule has 0 saturated carbocycles. The van der Waals surface area contributed by atoms with Gasteiger partial charge in [-0.15, -0.1) is 0 Å². The van der Waals surface area contributed by atoms with Crippen LogP contribution in [0.5, 0.6) is 11.5 Å². The molecule has 1 N–H and O–H groups in total. The second-order valence-electron chi connectivity index (χ2n) is 7.39. The Balaban J connectivity index is 1.95. The molecular weight excluding hydrogens is 463 g/mol. The Bertz CT molecular complexity index is 1140. The van der Waals surface area contributed by atoms with Crippen LogP contribution in [0.3, 0.4) is 0 Å². The lowest BCUT2D eigenvalue weighted by molar-refractivity contribution is 0.207. The first-order valence-corrected chi connectivity index (χ1v) is 10.9. The fourth-order valence-corrected chi connectivity index (χ4v) is 3.52. The summed E-state index contributed by atoms with van der Waals surface area (Å²) in [7, 11) is 3.06. The zero-order chi connectivity index (χ0) is 24.0. The number of nitrogens with zero attached hydrogens (tertiary/aromatic N) is 1. The van der Waals surface area contributed by atoms with Gasteiger partial charge in [-0.2, -0.15) is 0 Å². The van der Waals surface area contributed by atoms with E-state index in [-0.39, 0.29) is 5.76 Å². The smallest absolute Gasteiger partial charge is 0.417 e. The van der Waals surface area contributed by atoms with Gasteiger partial charge in [-0.05, 0) is 47.9 Å². The third-order valence-corrected chi connectivity index (χ3v) is 5.46. The van der Waals surface area contributed by atoms with Gasteiger partial charge in [0.15, 0.2) is 11.5 Å². The summed E-state index contributed by atoms with van der Waals surface area (Å²) >= 11 is 12.6. The van der Waals surface area contributed by atoms with E-state index in [9.17, 15) is 4.79 Å². The Morgan fingerprint density at radius 3 is 2.18 bits per heavy atom. The Morgan fingerprint density at radius 2 is 1.61 bits per heavy atom. The van der Waals surface area contributed by atoms with Crippen LogP contribution in [0, 0.1) is 0 Å². The molecule has 2 aromatic carbocycles. The van der Waals surface area contributed by atoms with Crippen LogP contribution in [-0.2, 0) is 4.74 Å². The first-order chi connectivity index (χ1) is 15.8. The van der Waals surface area contributed by atoms with E-state index in [4.69, 9.17) is 37.4 Å². The summed E-state index contributed by atoms with van der Waals surface area (Å²) in [6.45, 7) is 4.21. The highest BCUT2D eigenvalue weighted by molar-refractivity contribution is 6.37. The van der Waals surface area contributed by atoms with Crippen molar-refractivity contribution in [2.24, 2.45) is 0 Å². The molecular formula is C25H24Cl2N2O4. The van der Waals surface area contributed by atoms with Crippen molar-refractivity contribution in [1.29, 1.82) is 0 Å². The third-order valence-electron chi connectivity index (χ3n) is 4.86. The van der Waals surface area contributed by atoms with E-state index in [1.54, 1.807) is 31.4 Å². The average molecular weight is 487 g/mol. The zero-order valence-corrected chi connectivity index (χ0v) is 20.2. The Labute approximate surface area is 203 Å². The number of carbonyl (C=O) groups excluding carboxylic acids is 1. The molecule has 0 saturated heterocycles. The molecule has 1 aromatic heterocycles. The molecule has 172 valence electrons. The van der Waals surface area contributed by atoms with Gasteiger partial charge in [-0.25, -0.2) is 4.79 Å². The van der Waals surface area contributed by atoms with Gasteiger partial charge in [0, 0.05) is 29.2 Å². The first kappa shape index (κ1) is 24.4. The third kappa shape index (κ3) is 6.18.